The second-order valence-corrected chi connectivity index (χ2v) is 6.67. The Bertz CT molecular complexity index is 652. The standard InChI is InChI=1S/C13H10Br2INO/c1-2-17-12(6-5-11(16)13(17)18)9-4-3-8(14)7-10(9)15/h3-7H,2H2,1H3. The summed E-state index contributed by atoms with van der Waals surface area (Å²) in [7, 11) is 0. The van der Waals surface area contributed by atoms with E-state index in [2.05, 4.69) is 54.5 Å². The van der Waals surface area contributed by atoms with Crippen molar-refractivity contribution in [1.82, 2.24) is 4.57 Å². The van der Waals surface area contributed by atoms with E-state index >= 15 is 0 Å². The molecule has 0 aliphatic heterocycles. The predicted molar refractivity (Wildman–Crippen MR) is 89.9 cm³/mol. The summed E-state index contributed by atoms with van der Waals surface area (Å²) in [5, 5.41) is 0. The first-order chi connectivity index (χ1) is 8.54. The Kier molecular flexibility index (Phi) is 4.66. The first kappa shape index (κ1) is 14.3. The van der Waals surface area contributed by atoms with E-state index in [0.717, 1.165) is 23.8 Å². The minimum atomic E-state index is 0.0606. The van der Waals surface area contributed by atoms with Gasteiger partial charge in [-0.1, -0.05) is 37.9 Å². The molecule has 0 saturated heterocycles. The zero-order chi connectivity index (χ0) is 13.3. The highest BCUT2D eigenvalue weighted by Crippen LogP contribution is 2.30. The fraction of sp³-hybridized carbons (Fsp3) is 0.154. The van der Waals surface area contributed by atoms with Gasteiger partial charge in [0, 0.05) is 21.1 Å². The lowest BCUT2D eigenvalue weighted by atomic mass is 10.1. The van der Waals surface area contributed by atoms with Crippen molar-refractivity contribution >= 4 is 54.5 Å². The van der Waals surface area contributed by atoms with E-state index in [1.54, 1.807) is 4.57 Å². The van der Waals surface area contributed by atoms with E-state index in [4.69, 9.17) is 0 Å². The molecule has 0 fully saturated rings. The first-order valence-electron chi connectivity index (χ1n) is 5.39. The van der Waals surface area contributed by atoms with Crippen molar-refractivity contribution < 1.29 is 0 Å². The molecule has 18 heavy (non-hydrogen) atoms. The number of halogens is 3. The molecule has 0 unspecified atom stereocenters. The lowest BCUT2D eigenvalue weighted by Crippen LogP contribution is -2.22. The maximum Gasteiger partial charge on any atom is 0.264 e. The molecule has 0 N–H and O–H groups in total. The molecule has 94 valence electrons. The third kappa shape index (κ3) is 2.72. The molecule has 0 bridgehead atoms. The average molecular weight is 483 g/mol. The molecule has 0 amide bonds. The van der Waals surface area contributed by atoms with Crippen molar-refractivity contribution in [1.29, 1.82) is 0 Å². The summed E-state index contributed by atoms with van der Waals surface area (Å²) >= 11 is 9.04. The van der Waals surface area contributed by atoms with Gasteiger partial charge in [0.05, 0.1) is 9.26 Å². The van der Waals surface area contributed by atoms with Crippen molar-refractivity contribution in [3.63, 3.8) is 0 Å². The van der Waals surface area contributed by atoms with Gasteiger partial charge in [-0.25, -0.2) is 0 Å². The Hall–Kier alpha value is -0.140. The Morgan fingerprint density at radius 2 is 1.94 bits per heavy atom. The number of hydrogen-bond acceptors (Lipinski definition) is 1. The number of nitrogens with zero attached hydrogens (tertiary/aromatic N) is 1. The van der Waals surface area contributed by atoms with E-state index in [-0.39, 0.29) is 5.56 Å². The Labute approximate surface area is 136 Å². The van der Waals surface area contributed by atoms with Crippen molar-refractivity contribution in [3.05, 3.63) is 53.2 Å². The van der Waals surface area contributed by atoms with E-state index < -0.39 is 0 Å². The molecule has 2 aromatic rings. The van der Waals surface area contributed by atoms with Crippen LogP contribution in [0.25, 0.3) is 11.3 Å². The van der Waals surface area contributed by atoms with Gasteiger partial charge in [0.2, 0.25) is 0 Å². The Morgan fingerprint density at radius 1 is 1.22 bits per heavy atom. The number of rotatable bonds is 2. The van der Waals surface area contributed by atoms with Gasteiger partial charge in [-0.3, -0.25) is 4.79 Å². The molecule has 1 aromatic carbocycles. The van der Waals surface area contributed by atoms with Crippen LogP contribution in [-0.4, -0.2) is 4.57 Å². The van der Waals surface area contributed by atoms with Crippen LogP contribution in [0.4, 0.5) is 0 Å². The smallest absolute Gasteiger partial charge is 0.264 e. The maximum absolute atomic E-state index is 12.1. The quantitative estimate of drug-likeness (QED) is 0.570. The highest BCUT2D eigenvalue weighted by Gasteiger charge is 2.10. The Balaban J connectivity index is 2.71. The fourth-order valence-electron chi connectivity index (χ4n) is 1.80. The molecule has 0 aliphatic rings. The monoisotopic (exact) mass is 481 g/mol. The number of aromatic nitrogens is 1. The predicted octanol–water partition coefficient (Wildman–Crippen LogP) is 4.66. The summed E-state index contributed by atoms with van der Waals surface area (Å²) in [5.74, 6) is 0. The molecule has 1 heterocycles. The lowest BCUT2D eigenvalue weighted by molar-refractivity contribution is 0.731. The van der Waals surface area contributed by atoms with Crippen LogP contribution in [0.15, 0.2) is 44.1 Å². The maximum atomic E-state index is 12.1. The van der Waals surface area contributed by atoms with Crippen molar-refractivity contribution in [2.75, 3.05) is 0 Å². The van der Waals surface area contributed by atoms with Crippen LogP contribution in [0.1, 0.15) is 6.92 Å². The van der Waals surface area contributed by atoms with Crippen molar-refractivity contribution in [2.24, 2.45) is 0 Å². The SMILES string of the molecule is CCn1c(-c2ccc(Br)cc2Br)ccc(I)c1=O. The molecule has 0 atom stereocenters. The van der Waals surface area contributed by atoms with E-state index in [0.29, 0.717) is 6.54 Å². The summed E-state index contributed by atoms with van der Waals surface area (Å²) in [6.07, 6.45) is 0. The molecule has 1 aromatic heterocycles. The molecule has 0 aliphatic carbocycles. The van der Waals surface area contributed by atoms with E-state index in [1.165, 1.54) is 0 Å². The van der Waals surface area contributed by atoms with Crippen LogP contribution in [-0.2, 0) is 6.54 Å². The molecule has 5 heteroatoms. The minimum absolute atomic E-state index is 0.0606. The van der Waals surface area contributed by atoms with Gasteiger partial charge in [0.25, 0.3) is 5.56 Å². The first-order valence-corrected chi connectivity index (χ1v) is 8.06. The highest BCUT2D eigenvalue weighted by atomic mass is 127. The fourth-order valence-corrected chi connectivity index (χ4v) is 3.52. The van der Waals surface area contributed by atoms with Crippen molar-refractivity contribution in [2.45, 2.75) is 13.5 Å². The van der Waals surface area contributed by atoms with Crippen LogP contribution < -0.4 is 5.56 Å². The lowest BCUT2D eigenvalue weighted by Gasteiger charge is -2.13. The number of benzene rings is 1. The molecule has 0 saturated carbocycles. The van der Waals surface area contributed by atoms with Crippen LogP contribution in [0.2, 0.25) is 0 Å². The number of hydrogen-bond donors (Lipinski definition) is 0. The third-order valence-corrected chi connectivity index (χ3v) is 4.62. The normalized spacial score (nSPS) is 10.7. The van der Waals surface area contributed by atoms with Crippen LogP contribution in [0.5, 0.6) is 0 Å². The van der Waals surface area contributed by atoms with Gasteiger partial charge in [-0.15, -0.1) is 0 Å². The van der Waals surface area contributed by atoms with E-state index in [9.17, 15) is 4.79 Å². The zero-order valence-electron chi connectivity index (χ0n) is 9.58. The van der Waals surface area contributed by atoms with Crippen molar-refractivity contribution in [3.8, 4) is 11.3 Å². The molecule has 0 spiro atoms. The van der Waals surface area contributed by atoms with Crippen LogP contribution >= 0.6 is 54.5 Å². The Morgan fingerprint density at radius 3 is 2.56 bits per heavy atom. The topological polar surface area (TPSA) is 22.0 Å². The van der Waals surface area contributed by atoms with Gasteiger partial charge in [0.1, 0.15) is 0 Å². The third-order valence-electron chi connectivity index (χ3n) is 2.65. The van der Waals surface area contributed by atoms with E-state index in [1.807, 2.05) is 37.3 Å². The van der Waals surface area contributed by atoms with Gasteiger partial charge in [0.15, 0.2) is 0 Å². The second kappa shape index (κ2) is 5.88. The van der Waals surface area contributed by atoms with Crippen LogP contribution in [0.3, 0.4) is 0 Å². The summed E-state index contributed by atoms with van der Waals surface area (Å²) in [4.78, 5) is 12.1. The van der Waals surface area contributed by atoms with Crippen LogP contribution in [0, 0.1) is 3.57 Å². The van der Waals surface area contributed by atoms with Gasteiger partial charge >= 0.3 is 0 Å². The second-order valence-electron chi connectivity index (χ2n) is 3.74. The molecular weight excluding hydrogens is 473 g/mol. The molecular formula is C13H10Br2INO. The zero-order valence-corrected chi connectivity index (χ0v) is 14.9. The summed E-state index contributed by atoms with van der Waals surface area (Å²) in [6.45, 7) is 2.64. The molecule has 2 nitrogen and oxygen atoms in total. The summed E-state index contributed by atoms with van der Waals surface area (Å²) < 4.78 is 4.51. The number of pyridine rings is 1. The average Bonchev–Trinajstić information content (AvgIpc) is 2.33. The molecule has 2 rings (SSSR count). The minimum Gasteiger partial charge on any atom is -0.308 e. The van der Waals surface area contributed by atoms with Gasteiger partial charge in [-0.05, 0) is 53.8 Å². The highest BCUT2D eigenvalue weighted by molar-refractivity contribution is 14.1. The largest absolute Gasteiger partial charge is 0.308 e. The summed E-state index contributed by atoms with van der Waals surface area (Å²) in [5.41, 5.74) is 2.02. The summed E-state index contributed by atoms with van der Waals surface area (Å²) in [6, 6.07) is 9.81. The van der Waals surface area contributed by atoms with Gasteiger partial charge in [-0.2, -0.15) is 0 Å². The van der Waals surface area contributed by atoms with Gasteiger partial charge < -0.3 is 4.57 Å². The molecule has 0 radical (unpaired) electrons.